The summed E-state index contributed by atoms with van der Waals surface area (Å²) in [5.74, 6) is 0.161. The molecule has 7 nitrogen and oxygen atoms in total. The van der Waals surface area contributed by atoms with E-state index in [-0.39, 0.29) is 29.0 Å². The zero-order valence-corrected chi connectivity index (χ0v) is 18.5. The van der Waals surface area contributed by atoms with Crippen molar-refractivity contribution < 1.29 is 18.3 Å². The number of β-amino-alcohol motifs (C(OH)–C–C–N with tert-alkyl or cyclic N) is 1. The van der Waals surface area contributed by atoms with Gasteiger partial charge in [-0.2, -0.15) is 18.4 Å². The molecule has 1 atom stereocenters. The van der Waals surface area contributed by atoms with E-state index in [9.17, 15) is 23.5 Å². The standard InChI is InChI=1S/C20H24BrF3N6O/c21-17-18-15(28-16(8-25)30(18)11-20(22,23)24)9-26-19(17)27-12-3-5-13(6-4-12)29-7-1-2-14(31)10-29/h9,12-14,31H,1-7,10-11H2,(H,26,27)/t12?,13?,14-/m1/s1. The van der Waals surface area contributed by atoms with Crippen molar-refractivity contribution in [3.05, 3.63) is 16.5 Å². The number of alkyl halides is 3. The Labute approximate surface area is 186 Å². The lowest BCUT2D eigenvalue weighted by Crippen LogP contribution is -2.47. The molecule has 2 aliphatic rings. The van der Waals surface area contributed by atoms with Crippen LogP contribution < -0.4 is 5.32 Å². The summed E-state index contributed by atoms with van der Waals surface area (Å²) in [5, 5.41) is 22.5. The van der Waals surface area contributed by atoms with Crippen LogP contribution in [0.4, 0.5) is 19.0 Å². The Balaban J connectivity index is 1.49. The Kier molecular flexibility index (Phi) is 6.42. The number of nitrogens with zero attached hydrogens (tertiary/aromatic N) is 5. The molecule has 0 aromatic carbocycles. The zero-order chi connectivity index (χ0) is 22.2. The maximum atomic E-state index is 13.1. The summed E-state index contributed by atoms with van der Waals surface area (Å²) in [6.07, 6.45) is 2.39. The number of likely N-dealkylation sites (tertiary alicyclic amines) is 1. The van der Waals surface area contributed by atoms with Gasteiger partial charge < -0.3 is 15.0 Å². The molecule has 11 heteroatoms. The smallest absolute Gasteiger partial charge is 0.392 e. The number of aliphatic hydroxyl groups is 1. The van der Waals surface area contributed by atoms with Crippen molar-refractivity contribution in [1.82, 2.24) is 19.4 Å². The van der Waals surface area contributed by atoms with E-state index >= 15 is 0 Å². The second-order valence-corrected chi connectivity index (χ2v) is 9.14. The number of nitriles is 1. The summed E-state index contributed by atoms with van der Waals surface area (Å²) in [5.41, 5.74) is 0.452. The van der Waals surface area contributed by atoms with Crippen molar-refractivity contribution in [2.24, 2.45) is 0 Å². The number of aliphatic hydroxyl groups excluding tert-OH is 1. The van der Waals surface area contributed by atoms with Crippen LogP contribution in [-0.2, 0) is 6.54 Å². The second-order valence-electron chi connectivity index (χ2n) is 8.34. The Bertz CT molecular complexity index is 980. The van der Waals surface area contributed by atoms with Gasteiger partial charge in [-0.25, -0.2) is 9.97 Å². The first-order valence-corrected chi connectivity index (χ1v) is 11.2. The highest BCUT2D eigenvalue weighted by molar-refractivity contribution is 9.10. The molecule has 0 amide bonds. The first kappa shape index (κ1) is 22.3. The van der Waals surface area contributed by atoms with Crippen LogP contribution in [0.15, 0.2) is 10.7 Å². The van der Waals surface area contributed by atoms with Crippen LogP contribution in [-0.4, -0.2) is 62.0 Å². The number of halogens is 4. The highest BCUT2D eigenvalue weighted by Gasteiger charge is 2.32. The Morgan fingerprint density at radius 3 is 2.65 bits per heavy atom. The average Bonchev–Trinajstić information content (AvgIpc) is 3.07. The lowest BCUT2D eigenvalue weighted by molar-refractivity contribution is -0.140. The van der Waals surface area contributed by atoms with Crippen molar-refractivity contribution >= 4 is 32.8 Å². The molecule has 1 saturated heterocycles. The largest absolute Gasteiger partial charge is 0.406 e. The Morgan fingerprint density at radius 2 is 2.00 bits per heavy atom. The van der Waals surface area contributed by atoms with E-state index in [4.69, 9.17) is 0 Å². The number of hydrogen-bond acceptors (Lipinski definition) is 6. The van der Waals surface area contributed by atoms with Crippen molar-refractivity contribution in [2.75, 3.05) is 18.4 Å². The van der Waals surface area contributed by atoms with Gasteiger partial charge in [-0.15, -0.1) is 0 Å². The molecule has 31 heavy (non-hydrogen) atoms. The van der Waals surface area contributed by atoms with E-state index in [1.54, 1.807) is 6.07 Å². The van der Waals surface area contributed by atoms with Gasteiger partial charge in [-0.05, 0) is 61.0 Å². The molecule has 0 unspecified atom stereocenters. The molecule has 1 aliphatic heterocycles. The molecule has 4 rings (SSSR count). The predicted molar refractivity (Wildman–Crippen MR) is 112 cm³/mol. The fraction of sp³-hybridized carbons (Fsp3) is 0.650. The SMILES string of the molecule is N#Cc1nc2cnc(NC3CCC(N4CCC[C@@H](O)C4)CC3)c(Br)c2n1CC(F)(F)F. The highest BCUT2D eigenvalue weighted by Crippen LogP contribution is 2.34. The summed E-state index contributed by atoms with van der Waals surface area (Å²) in [4.78, 5) is 10.7. The molecule has 3 heterocycles. The van der Waals surface area contributed by atoms with Crippen molar-refractivity contribution in [3.8, 4) is 6.07 Å². The van der Waals surface area contributed by atoms with Gasteiger partial charge in [-0.3, -0.25) is 4.90 Å². The topological polar surface area (TPSA) is 90.0 Å². The number of pyridine rings is 1. The Morgan fingerprint density at radius 1 is 1.26 bits per heavy atom. The molecule has 0 spiro atoms. The number of aromatic nitrogens is 3. The van der Waals surface area contributed by atoms with Crippen LogP contribution >= 0.6 is 15.9 Å². The number of hydrogen-bond donors (Lipinski definition) is 2. The van der Waals surface area contributed by atoms with E-state index in [1.807, 2.05) is 0 Å². The number of rotatable bonds is 4. The summed E-state index contributed by atoms with van der Waals surface area (Å²) >= 11 is 3.39. The minimum Gasteiger partial charge on any atom is -0.392 e. The number of fused-ring (bicyclic) bond motifs is 1. The molecule has 2 fully saturated rings. The predicted octanol–water partition coefficient (Wildman–Crippen LogP) is 3.81. The van der Waals surface area contributed by atoms with Gasteiger partial charge in [0.2, 0.25) is 5.82 Å². The van der Waals surface area contributed by atoms with Crippen LogP contribution in [0.3, 0.4) is 0 Å². The first-order valence-electron chi connectivity index (χ1n) is 10.5. The van der Waals surface area contributed by atoms with Gasteiger partial charge in [0.25, 0.3) is 0 Å². The van der Waals surface area contributed by atoms with Crippen LogP contribution in [0.1, 0.15) is 44.3 Å². The van der Waals surface area contributed by atoms with E-state index in [0.717, 1.165) is 56.2 Å². The van der Waals surface area contributed by atoms with Gasteiger partial charge in [0, 0.05) is 18.6 Å². The van der Waals surface area contributed by atoms with E-state index < -0.39 is 12.7 Å². The van der Waals surface area contributed by atoms with E-state index in [2.05, 4.69) is 36.1 Å². The fourth-order valence-corrected chi connectivity index (χ4v) is 5.33. The third-order valence-corrected chi connectivity index (χ3v) is 6.90. The van der Waals surface area contributed by atoms with Gasteiger partial charge in [0.1, 0.15) is 23.9 Å². The maximum absolute atomic E-state index is 13.1. The van der Waals surface area contributed by atoms with Crippen LogP contribution in [0, 0.1) is 11.3 Å². The van der Waals surface area contributed by atoms with Crippen molar-refractivity contribution in [3.63, 3.8) is 0 Å². The molecular weight excluding hydrogens is 477 g/mol. The lowest BCUT2D eigenvalue weighted by Gasteiger charge is -2.40. The normalized spacial score (nSPS) is 25.5. The third-order valence-electron chi connectivity index (χ3n) is 6.15. The molecule has 168 valence electrons. The minimum atomic E-state index is -4.48. The second kappa shape index (κ2) is 8.92. The summed E-state index contributed by atoms with van der Waals surface area (Å²) in [6.45, 7) is 0.464. The van der Waals surface area contributed by atoms with Crippen LogP contribution in [0.5, 0.6) is 0 Å². The van der Waals surface area contributed by atoms with E-state index in [1.165, 1.54) is 6.20 Å². The molecule has 2 aromatic rings. The number of imidazole rings is 1. The quantitative estimate of drug-likeness (QED) is 0.663. The highest BCUT2D eigenvalue weighted by atomic mass is 79.9. The fourth-order valence-electron chi connectivity index (χ4n) is 4.70. The summed E-state index contributed by atoms with van der Waals surface area (Å²) in [7, 11) is 0. The summed E-state index contributed by atoms with van der Waals surface area (Å²) < 4.78 is 40.4. The van der Waals surface area contributed by atoms with Crippen LogP contribution in [0.25, 0.3) is 11.0 Å². The first-order chi connectivity index (χ1) is 14.7. The number of piperidine rings is 1. The van der Waals surface area contributed by atoms with Gasteiger partial charge in [-0.1, -0.05) is 0 Å². The number of nitrogens with one attached hydrogen (secondary N) is 1. The molecular formula is C20H24BrF3N6O. The van der Waals surface area contributed by atoms with E-state index in [0.29, 0.717) is 16.3 Å². The monoisotopic (exact) mass is 500 g/mol. The molecule has 0 radical (unpaired) electrons. The lowest BCUT2D eigenvalue weighted by atomic mass is 9.89. The van der Waals surface area contributed by atoms with Crippen LogP contribution in [0.2, 0.25) is 0 Å². The molecule has 1 saturated carbocycles. The van der Waals surface area contributed by atoms with Crippen molar-refractivity contribution in [2.45, 2.75) is 69.4 Å². The Hall–Kier alpha value is -1.90. The number of anilines is 1. The summed E-state index contributed by atoms with van der Waals surface area (Å²) in [6, 6.07) is 2.35. The average molecular weight is 501 g/mol. The minimum absolute atomic E-state index is 0.154. The maximum Gasteiger partial charge on any atom is 0.406 e. The molecule has 0 bridgehead atoms. The van der Waals surface area contributed by atoms with Gasteiger partial charge >= 0.3 is 6.18 Å². The third kappa shape index (κ3) is 4.96. The van der Waals surface area contributed by atoms with Gasteiger partial charge in [0.05, 0.1) is 22.3 Å². The zero-order valence-electron chi connectivity index (χ0n) is 16.9. The van der Waals surface area contributed by atoms with Crippen molar-refractivity contribution in [1.29, 1.82) is 5.26 Å². The molecule has 2 aromatic heterocycles. The van der Waals surface area contributed by atoms with Gasteiger partial charge in [0.15, 0.2) is 0 Å². The molecule has 2 N–H and O–H groups in total. The molecule has 1 aliphatic carbocycles.